The summed E-state index contributed by atoms with van der Waals surface area (Å²) in [5, 5.41) is 3.42. The van der Waals surface area contributed by atoms with Gasteiger partial charge >= 0.3 is 0 Å². The first-order valence-electron chi connectivity index (χ1n) is 7.49. The van der Waals surface area contributed by atoms with E-state index in [-0.39, 0.29) is 0 Å². The molecular weight excluding hydrogens is 258 g/mol. The van der Waals surface area contributed by atoms with Gasteiger partial charge in [-0.15, -0.1) is 0 Å². The minimum Gasteiger partial charge on any atom is -0.377 e. The van der Waals surface area contributed by atoms with Crippen LogP contribution in [-0.2, 0) is 11.3 Å². The molecule has 0 aliphatic carbocycles. The van der Waals surface area contributed by atoms with Gasteiger partial charge in [-0.05, 0) is 24.1 Å². The fourth-order valence-corrected chi connectivity index (χ4v) is 2.03. The van der Waals surface area contributed by atoms with Crippen LogP contribution in [0.4, 0.5) is 0 Å². The van der Waals surface area contributed by atoms with E-state index in [2.05, 4.69) is 53.9 Å². The Bertz CT molecular complexity index is 508. The molecule has 0 aromatic heterocycles. The maximum atomic E-state index is 5.58. The number of ether oxygens (including phenoxy) is 1. The predicted octanol–water partition coefficient (Wildman–Crippen LogP) is 3.90. The van der Waals surface area contributed by atoms with Crippen LogP contribution in [0.2, 0.25) is 0 Å². The number of nitrogens with one attached hydrogen (secondary N) is 1. The number of hydrogen-bond acceptors (Lipinski definition) is 2. The largest absolute Gasteiger partial charge is 0.377 e. The third kappa shape index (κ3) is 6.89. The van der Waals surface area contributed by atoms with Crippen molar-refractivity contribution in [3.8, 4) is 0 Å². The zero-order valence-corrected chi connectivity index (χ0v) is 12.4. The fourth-order valence-electron chi connectivity index (χ4n) is 2.03. The highest BCUT2D eigenvalue weighted by molar-refractivity contribution is 5.48. The van der Waals surface area contributed by atoms with Gasteiger partial charge in [-0.3, -0.25) is 0 Å². The van der Waals surface area contributed by atoms with E-state index in [1.807, 2.05) is 24.3 Å². The second-order valence-corrected chi connectivity index (χ2v) is 4.90. The van der Waals surface area contributed by atoms with Gasteiger partial charge in [0.05, 0.1) is 6.61 Å². The van der Waals surface area contributed by atoms with Gasteiger partial charge in [0.25, 0.3) is 0 Å². The van der Waals surface area contributed by atoms with Crippen molar-refractivity contribution in [3.05, 3.63) is 77.9 Å². The lowest BCUT2D eigenvalue weighted by Crippen LogP contribution is -2.16. The Balaban J connectivity index is 1.46. The van der Waals surface area contributed by atoms with E-state index in [0.29, 0.717) is 6.61 Å². The van der Waals surface area contributed by atoms with E-state index in [0.717, 1.165) is 26.1 Å². The number of hydrogen-bond donors (Lipinski definition) is 1. The van der Waals surface area contributed by atoms with Crippen LogP contribution in [0.3, 0.4) is 0 Å². The lowest BCUT2D eigenvalue weighted by Gasteiger charge is -2.05. The average Bonchev–Trinajstić information content (AvgIpc) is 2.55. The third-order valence-electron chi connectivity index (χ3n) is 3.14. The van der Waals surface area contributed by atoms with Crippen LogP contribution >= 0.6 is 0 Å². The summed E-state index contributed by atoms with van der Waals surface area (Å²) in [5.74, 6) is 0. The van der Waals surface area contributed by atoms with Crippen LogP contribution in [-0.4, -0.2) is 19.8 Å². The van der Waals surface area contributed by atoms with Crippen molar-refractivity contribution in [3.63, 3.8) is 0 Å². The van der Waals surface area contributed by atoms with Crippen molar-refractivity contribution in [2.24, 2.45) is 0 Å². The molecule has 2 heteroatoms. The Hall–Kier alpha value is -1.90. The summed E-state index contributed by atoms with van der Waals surface area (Å²) in [6, 6.07) is 20.7. The average molecular weight is 281 g/mol. The van der Waals surface area contributed by atoms with E-state index in [4.69, 9.17) is 4.74 Å². The van der Waals surface area contributed by atoms with Crippen LogP contribution in [0.25, 0.3) is 6.08 Å². The maximum Gasteiger partial charge on any atom is 0.0650 e. The van der Waals surface area contributed by atoms with Gasteiger partial charge in [-0.2, -0.15) is 0 Å². The minimum atomic E-state index is 0.674. The van der Waals surface area contributed by atoms with Gasteiger partial charge in [0.2, 0.25) is 0 Å². The first-order valence-corrected chi connectivity index (χ1v) is 7.49. The third-order valence-corrected chi connectivity index (χ3v) is 3.14. The van der Waals surface area contributed by atoms with Crippen LogP contribution in [0.5, 0.6) is 0 Å². The molecule has 0 spiro atoms. The standard InChI is InChI=1S/C19H23NO/c1-3-9-18(10-4-1)13-7-15-21-16-8-14-20-17-19-11-5-2-6-12-19/h1-7,9-13,20H,8,14-17H2/b13-7+. The molecule has 0 unspecified atom stereocenters. The quantitative estimate of drug-likeness (QED) is 0.704. The summed E-state index contributed by atoms with van der Waals surface area (Å²) >= 11 is 0. The SMILES string of the molecule is C(=C\c1ccccc1)/COCCCNCc1ccccc1. The summed E-state index contributed by atoms with van der Waals surface area (Å²) in [4.78, 5) is 0. The molecule has 0 aliphatic heterocycles. The lowest BCUT2D eigenvalue weighted by molar-refractivity contribution is 0.159. The fraction of sp³-hybridized carbons (Fsp3) is 0.263. The monoisotopic (exact) mass is 281 g/mol. The molecule has 0 bridgehead atoms. The molecule has 0 atom stereocenters. The van der Waals surface area contributed by atoms with Crippen LogP contribution in [0, 0.1) is 0 Å². The molecule has 0 radical (unpaired) electrons. The lowest BCUT2D eigenvalue weighted by atomic mass is 10.2. The molecule has 0 aliphatic rings. The van der Waals surface area contributed by atoms with Crippen LogP contribution in [0.15, 0.2) is 66.7 Å². The van der Waals surface area contributed by atoms with E-state index in [1.165, 1.54) is 11.1 Å². The normalized spacial score (nSPS) is 11.0. The second-order valence-electron chi connectivity index (χ2n) is 4.90. The molecule has 0 amide bonds. The zero-order valence-electron chi connectivity index (χ0n) is 12.4. The summed E-state index contributed by atoms with van der Waals surface area (Å²) < 4.78 is 5.58. The van der Waals surface area contributed by atoms with Gasteiger partial charge in [-0.1, -0.05) is 72.8 Å². The number of rotatable bonds is 9. The van der Waals surface area contributed by atoms with Gasteiger partial charge in [-0.25, -0.2) is 0 Å². The second kappa shape index (κ2) is 9.92. The van der Waals surface area contributed by atoms with Crippen molar-refractivity contribution >= 4 is 6.08 Å². The Kier molecular flexibility index (Phi) is 7.32. The van der Waals surface area contributed by atoms with Crippen molar-refractivity contribution < 1.29 is 4.74 Å². The van der Waals surface area contributed by atoms with Crippen molar-refractivity contribution in [1.82, 2.24) is 5.32 Å². The van der Waals surface area contributed by atoms with E-state index in [1.54, 1.807) is 0 Å². The van der Waals surface area contributed by atoms with Crippen molar-refractivity contribution in [2.45, 2.75) is 13.0 Å². The molecule has 1 N–H and O–H groups in total. The van der Waals surface area contributed by atoms with E-state index in [9.17, 15) is 0 Å². The summed E-state index contributed by atoms with van der Waals surface area (Å²) in [7, 11) is 0. The van der Waals surface area contributed by atoms with Gasteiger partial charge in [0, 0.05) is 13.2 Å². The van der Waals surface area contributed by atoms with Gasteiger partial charge in [0.15, 0.2) is 0 Å². The van der Waals surface area contributed by atoms with Crippen molar-refractivity contribution in [2.75, 3.05) is 19.8 Å². The molecule has 21 heavy (non-hydrogen) atoms. The molecule has 2 aromatic carbocycles. The Morgan fingerprint density at radius 1 is 0.905 bits per heavy atom. The zero-order chi connectivity index (χ0) is 14.6. The molecule has 0 heterocycles. The summed E-state index contributed by atoms with van der Waals surface area (Å²) in [6.45, 7) is 3.38. The van der Waals surface area contributed by atoms with Gasteiger partial charge < -0.3 is 10.1 Å². The molecule has 0 saturated heterocycles. The molecule has 2 nitrogen and oxygen atoms in total. The number of benzene rings is 2. The van der Waals surface area contributed by atoms with Crippen molar-refractivity contribution in [1.29, 1.82) is 0 Å². The predicted molar refractivity (Wildman–Crippen MR) is 89.1 cm³/mol. The Morgan fingerprint density at radius 3 is 2.38 bits per heavy atom. The summed E-state index contributed by atoms with van der Waals surface area (Å²) in [5.41, 5.74) is 2.54. The Morgan fingerprint density at radius 2 is 1.62 bits per heavy atom. The molecular formula is C19H23NO. The maximum absolute atomic E-state index is 5.58. The highest BCUT2D eigenvalue weighted by Gasteiger charge is 1.91. The molecule has 2 rings (SSSR count). The molecule has 110 valence electrons. The first kappa shape index (κ1) is 15.5. The van der Waals surface area contributed by atoms with Crippen LogP contribution < -0.4 is 5.32 Å². The molecule has 0 fully saturated rings. The minimum absolute atomic E-state index is 0.674. The molecule has 0 saturated carbocycles. The summed E-state index contributed by atoms with van der Waals surface area (Å²) in [6.07, 6.45) is 5.19. The Labute approximate surface area is 127 Å². The smallest absolute Gasteiger partial charge is 0.0650 e. The van der Waals surface area contributed by atoms with Crippen LogP contribution in [0.1, 0.15) is 17.5 Å². The highest BCUT2D eigenvalue weighted by Crippen LogP contribution is 2.00. The first-order chi connectivity index (χ1) is 10.4. The van der Waals surface area contributed by atoms with Gasteiger partial charge in [0.1, 0.15) is 0 Å². The van der Waals surface area contributed by atoms with E-state index >= 15 is 0 Å². The molecule has 2 aromatic rings. The topological polar surface area (TPSA) is 21.3 Å². The highest BCUT2D eigenvalue weighted by atomic mass is 16.5. The van der Waals surface area contributed by atoms with E-state index < -0.39 is 0 Å².